The molecule has 1 heterocycles. The Morgan fingerprint density at radius 2 is 2.12 bits per heavy atom. The molecule has 1 rings (SSSR count). The van der Waals surface area contributed by atoms with Crippen LogP contribution in [0.5, 0.6) is 0 Å². The van der Waals surface area contributed by atoms with Crippen LogP contribution in [0.2, 0.25) is 0 Å². The summed E-state index contributed by atoms with van der Waals surface area (Å²) in [5.74, 6) is 0.863. The lowest BCUT2D eigenvalue weighted by molar-refractivity contribution is 0.0570. The van der Waals surface area contributed by atoms with E-state index in [1.54, 1.807) is 7.11 Å². The quantitative estimate of drug-likeness (QED) is 0.926. The predicted octanol–water partition coefficient (Wildman–Crippen LogP) is 2.44. The van der Waals surface area contributed by atoms with Crippen molar-refractivity contribution in [2.24, 2.45) is 5.92 Å². The lowest BCUT2D eigenvalue weighted by Gasteiger charge is -2.18. The Hall–Kier alpha value is -0.680. The van der Waals surface area contributed by atoms with Crippen LogP contribution in [0.4, 0.5) is 0 Å². The number of aryl methyl sites for hydroxylation is 1. The van der Waals surface area contributed by atoms with Crippen LogP contribution in [-0.4, -0.2) is 17.1 Å². The number of ether oxygens (including phenoxy) is 1. The van der Waals surface area contributed by atoms with E-state index in [1.165, 1.54) is 0 Å². The van der Waals surface area contributed by atoms with E-state index in [0.717, 1.165) is 5.69 Å². The molecule has 0 radical (unpaired) electrons. The van der Waals surface area contributed by atoms with E-state index >= 15 is 0 Å². The molecule has 0 saturated heterocycles. The zero-order valence-electron chi connectivity index (χ0n) is 10.0. The van der Waals surface area contributed by atoms with Gasteiger partial charge in [-0.25, -0.2) is 4.98 Å². The molecule has 0 amide bonds. The monoisotopic (exact) mass is 288 g/mol. The van der Waals surface area contributed by atoms with E-state index in [-0.39, 0.29) is 17.6 Å². The Kier molecular flexibility index (Phi) is 4.68. The van der Waals surface area contributed by atoms with Gasteiger partial charge in [0.15, 0.2) is 0 Å². The fraction of sp³-hybridized carbons (Fsp3) is 0.636. The first-order valence-corrected chi connectivity index (χ1v) is 6.11. The summed E-state index contributed by atoms with van der Waals surface area (Å²) in [6.45, 7) is 6.02. The summed E-state index contributed by atoms with van der Waals surface area (Å²) in [5.41, 5.74) is 0.617. The van der Waals surface area contributed by atoms with E-state index in [4.69, 9.17) is 4.74 Å². The molecule has 1 atom stereocenters. The van der Waals surface area contributed by atoms with Crippen molar-refractivity contribution < 1.29 is 4.74 Å². The second-order valence-electron chi connectivity index (χ2n) is 3.97. The van der Waals surface area contributed by atoms with Crippen LogP contribution in [0, 0.1) is 5.92 Å². The molecule has 0 saturated carbocycles. The Morgan fingerprint density at radius 3 is 2.56 bits per heavy atom. The fourth-order valence-corrected chi connectivity index (χ4v) is 2.06. The van der Waals surface area contributed by atoms with E-state index in [9.17, 15) is 4.79 Å². The molecule has 0 bridgehead atoms. The molecule has 0 aliphatic carbocycles. The number of hydrogen-bond acceptors (Lipinski definition) is 3. The summed E-state index contributed by atoms with van der Waals surface area (Å²) in [6.07, 6.45) is 0.539. The highest BCUT2D eigenvalue weighted by Crippen LogP contribution is 2.22. The number of nitrogens with zero attached hydrogens (tertiary/aromatic N) is 1. The topological polar surface area (TPSA) is 55.0 Å². The number of nitrogens with one attached hydrogen (secondary N) is 1. The van der Waals surface area contributed by atoms with Gasteiger partial charge < -0.3 is 9.72 Å². The highest BCUT2D eigenvalue weighted by atomic mass is 79.9. The van der Waals surface area contributed by atoms with Crippen LogP contribution in [0.3, 0.4) is 0 Å². The maximum Gasteiger partial charge on any atom is 0.265 e. The lowest BCUT2D eigenvalue weighted by atomic mass is 10.1. The second-order valence-corrected chi connectivity index (χ2v) is 4.76. The Balaban J connectivity index is 3.24. The van der Waals surface area contributed by atoms with E-state index in [0.29, 0.717) is 16.7 Å². The van der Waals surface area contributed by atoms with Crippen LogP contribution in [-0.2, 0) is 11.2 Å². The van der Waals surface area contributed by atoms with Crippen molar-refractivity contribution in [1.82, 2.24) is 9.97 Å². The highest BCUT2D eigenvalue weighted by Gasteiger charge is 2.19. The highest BCUT2D eigenvalue weighted by molar-refractivity contribution is 9.10. The molecular weight excluding hydrogens is 272 g/mol. The Labute approximate surface area is 104 Å². The van der Waals surface area contributed by atoms with Gasteiger partial charge in [0, 0.05) is 7.11 Å². The molecule has 0 aliphatic heterocycles. The van der Waals surface area contributed by atoms with Gasteiger partial charge in [-0.3, -0.25) is 4.79 Å². The summed E-state index contributed by atoms with van der Waals surface area (Å²) < 4.78 is 5.86. The van der Waals surface area contributed by atoms with Crippen molar-refractivity contribution in [3.8, 4) is 0 Å². The number of aromatic amines is 1. The number of aromatic nitrogens is 2. The summed E-state index contributed by atoms with van der Waals surface area (Å²) in [5, 5.41) is 0. The second kappa shape index (κ2) is 5.59. The first kappa shape index (κ1) is 13.4. The number of halogens is 1. The third-order valence-corrected chi connectivity index (χ3v) is 3.23. The molecule has 0 aromatic carbocycles. The van der Waals surface area contributed by atoms with Gasteiger partial charge in [-0.05, 0) is 28.3 Å². The first-order chi connectivity index (χ1) is 7.51. The van der Waals surface area contributed by atoms with E-state index < -0.39 is 0 Å². The van der Waals surface area contributed by atoms with Gasteiger partial charge in [-0.15, -0.1) is 0 Å². The minimum atomic E-state index is -0.175. The Bertz CT molecular complexity index is 415. The molecule has 16 heavy (non-hydrogen) atoms. The summed E-state index contributed by atoms with van der Waals surface area (Å²) in [6, 6.07) is 0. The van der Waals surface area contributed by atoms with Crippen molar-refractivity contribution in [1.29, 1.82) is 0 Å². The number of hydrogen-bond donors (Lipinski definition) is 1. The molecule has 1 unspecified atom stereocenters. The smallest absolute Gasteiger partial charge is 0.265 e. The van der Waals surface area contributed by atoms with Gasteiger partial charge in [-0.1, -0.05) is 20.8 Å². The van der Waals surface area contributed by atoms with Crippen molar-refractivity contribution >= 4 is 15.9 Å². The van der Waals surface area contributed by atoms with Gasteiger partial charge >= 0.3 is 0 Å². The zero-order valence-corrected chi connectivity index (χ0v) is 11.6. The average Bonchev–Trinajstić information content (AvgIpc) is 2.23. The first-order valence-electron chi connectivity index (χ1n) is 5.32. The van der Waals surface area contributed by atoms with Gasteiger partial charge in [0.2, 0.25) is 0 Å². The largest absolute Gasteiger partial charge is 0.373 e. The average molecular weight is 289 g/mol. The van der Waals surface area contributed by atoms with Gasteiger partial charge in [-0.2, -0.15) is 0 Å². The minimum absolute atomic E-state index is 0.149. The molecule has 0 aliphatic rings. The predicted molar refractivity (Wildman–Crippen MR) is 66.5 cm³/mol. The van der Waals surface area contributed by atoms with Gasteiger partial charge in [0.1, 0.15) is 16.4 Å². The summed E-state index contributed by atoms with van der Waals surface area (Å²) in [4.78, 5) is 18.8. The third kappa shape index (κ3) is 2.71. The van der Waals surface area contributed by atoms with Crippen LogP contribution in [0.1, 0.15) is 38.4 Å². The SMILES string of the molecule is CCc1nc(C(OC)C(C)C)[nH]c(=O)c1Br. The number of methoxy groups -OCH3 is 1. The Morgan fingerprint density at radius 1 is 1.50 bits per heavy atom. The fourth-order valence-electron chi connectivity index (χ4n) is 1.59. The van der Waals surface area contributed by atoms with Crippen LogP contribution in [0.25, 0.3) is 0 Å². The van der Waals surface area contributed by atoms with E-state index in [1.807, 2.05) is 20.8 Å². The third-order valence-electron chi connectivity index (χ3n) is 2.41. The standard InChI is InChI=1S/C11H17BrN2O2/c1-5-7-8(12)11(15)14-10(13-7)9(16-4)6(2)3/h6,9H,5H2,1-4H3,(H,13,14,15). The number of H-pyrrole nitrogens is 1. The molecule has 1 aromatic rings. The maximum atomic E-state index is 11.7. The molecule has 1 N–H and O–H groups in total. The molecule has 4 nitrogen and oxygen atoms in total. The molecule has 90 valence electrons. The van der Waals surface area contributed by atoms with Crippen molar-refractivity contribution in [3.63, 3.8) is 0 Å². The lowest BCUT2D eigenvalue weighted by Crippen LogP contribution is -2.21. The van der Waals surface area contributed by atoms with Gasteiger partial charge in [0.25, 0.3) is 5.56 Å². The molecular formula is C11H17BrN2O2. The van der Waals surface area contributed by atoms with Crippen molar-refractivity contribution in [2.45, 2.75) is 33.3 Å². The molecule has 0 spiro atoms. The molecule has 1 aromatic heterocycles. The number of rotatable bonds is 4. The molecule has 0 fully saturated rings. The van der Waals surface area contributed by atoms with Crippen molar-refractivity contribution in [3.05, 3.63) is 26.3 Å². The minimum Gasteiger partial charge on any atom is -0.373 e. The van der Waals surface area contributed by atoms with Crippen LogP contribution < -0.4 is 5.56 Å². The van der Waals surface area contributed by atoms with Crippen molar-refractivity contribution in [2.75, 3.05) is 7.11 Å². The summed E-state index contributed by atoms with van der Waals surface area (Å²) in [7, 11) is 1.62. The van der Waals surface area contributed by atoms with Crippen LogP contribution >= 0.6 is 15.9 Å². The van der Waals surface area contributed by atoms with E-state index in [2.05, 4.69) is 25.9 Å². The van der Waals surface area contributed by atoms with Crippen LogP contribution in [0.15, 0.2) is 9.27 Å². The maximum absolute atomic E-state index is 11.7. The molecule has 5 heteroatoms. The zero-order chi connectivity index (χ0) is 12.3. The normalized spacial score (nSPS) is 13.1. The van der Waals surface area contributed by atoms with Gasteiger partial charge in [0.05, 0.1) is 5.69 Å². The summed E-state index contributed by atoms with van der Waals surface area (Å²) >= 11 is 3.24.